The fourth-order valence-electron chi connectivity index (χ4n) is 3.16. The van der Waals surface area contributed by atoms with Crippen LogP contribution in [-0.2, 0) is 30.7 Å². The van der Waals surface area contributed by atoms with Gasteiger partial charge in [0, 0.05) is 23.1 Å². The molecule has 1 aromatic carbocycles. The minimum absolute atomic E-state index is 0.0269. The second kappa shape index (κ2) is 8.55. The number of aromatic nitrogens is 3. The number of alkyl halides is 3. The average Bonchev–Trinajstić information content (AvgIpc) is 3.03. The molecule has 1 N–H and O–H groups in total. The number of aryl methyl sites for hydroxylation is 1. The molecule has 5 nitrogen and oxygen atoms in total. The minimum Gasteiger partial charge on any atom is -0.349 e. The number of nitrogens with one attached hydrogen (secondary N) is 1. The van der Waals surface area contributed by atoms with Gasteiger partial charge in [-0.2, -0.15) is 13.2 Å². The number of nitrogens with zero attached hydrogens (tertiary/aromatic N) is 3. The summed E-state index contributed by atoms with van der Waals surface area (Å²) >= 11 is 1.75. The lowest BCUT2D eigenvalue weighted by atomic mass is 9.99. The van der Waals surface area contributed by atoms with Crippen LogP contribution in [0.15, 0.2) is 29.2 Å². The number of benzene rings is 1. The molecule has 2 aromatic rings. The van der Waals surface area contributed by atoms with Crippen molar-refractivity contribution in [2.75, 3.05) is 0 Å². The second-order valence-corrected chi connectivity index (χ2v) is 8.83. The lowest BCUT2D eigenvalue weighted by Gasteiger charge is -2.26. The summed E-state index contributed by atoms with van der Waals surface area (Å²) in [5.41, 5.74) is 0.881. The maximum absolute atomic E-state index is 13.0. The summed E-state index contributed by atoms with van der Waals surface area (Å²) in [6, 6.07) is 7.80. The zero-order valence-corrected chi connectivity index (χ0v) is 16.6. The first kappa shape index (κ1) is 20.7. The van der Waals surface area contributed by atoms with E-state index >= 15 is 0 Å². The number of amides is 1. The summed E-state index contributed by atoms with van der Waals surface area (Å²) < 4.78 is 40.5. The normalized spacial score (nSPS) is 16.9. The predicted molar refractivity (Wildman–Crippen MR) is 101 cm³/mol. The van der Waals surface area contributed by atoms with E-state index in [1.54, 1.807) is 11.8 Å². The van der Waals surface area contributed by atoms with E-state index in [2.05, 4.69) is 29.4 Å². The van der Waals surface area contributed by atoms with Crippen molar-refractivity contribution in [2.45, 2.75) is 62.5 Å². The summed E-state index contributed by atoms with van der Waals surface area (Å²) in [5, 5.41) is 11.1. The first-order chi connectivity index (χ1) is 13.2. The predicted octanol–water partition coefficient (Wildman–Crippen LogP) is 3.76. The fourth-order valence-corrected chi connectivity index (χ4v) is 4.00. The van der Waals surface area contributed by atoms with Gasteiger partial charge in [-0.15, -0.1) is 22.0 Å². The van der Waals surface area contributed by atoms with E-state index in [1.807, 2.05) is 24.3 Å². The molecule has 1 aromatic heterocycles. The highest BCUT2D eigenvalue weighted by atomic mass is 32.2. The molecule has 28 heavy (non-hydrogen) atoms. The first-order valence-electron chi connectivity index (χ1n) is 9.22. The number of rotatable bonds is 6. The molecule has 0 unspecified atom stereocenters. The smallest absolute Gasteiger partial charge is 0.349 e. The quantitative estimate of drug-likeness (QED) is 0.734. The zero-order valence-electron chi connectivity index (χ0n) is 15.8. The monoisotopic (exact) mass is 412 g/mol. The minimum atomic E-state index is -4.23. The lowest BCUT2D eigenvalue weighted by molar-refractivity contribution is -0.182. The summed E-state index contributed by atoms with van der Waals surface area (Å²) in [6.07, 6.45) is -3.76. The van der Waals surface area contributed by atoms with E-state index in [0.717, 1.165) is 10.5 Å². The van der Waals surface area contributed by atoms with Crippen molar-refractivity contribution in [3.05, 3.63) is 41.5 Å². The van der Waals surface area contributed by atoms with Crippen LogP contribution in [0.3, 0.4) is 0 Å². The van der Waals surface area contributed by atoms with Crippen LogP contribution in [0, 0.1) is 5.92 Å². The summed E-state index contributed by atoms with van der Waals surface area (Å²) in [5.74, 6) is -0.693. The van der Waals surface area contributed by atoms with E-state index < -0.39 is 12.1 Å². The van der Waals surface area contributed by atoms with Gasteiger partial charge in [0.05, 0.1) is 18.9 Å². The topological polar surface area (TPSA) is 59.8 Å². The van der Waals surface area contributed by atoms with Crippen molar-refractivity contribution in [1.82, 2.24) is 20.1 Å². The van der Waals surface area contributed by atoms with Crippen molar-refractivity contribution < 1.29 is 18.0 Å². The van der Waals surface area contributed by atoms with Crippen LogP contribution >= 0.6 is 11.8 Å². The first-order valence-corrected chi connectivity index (χ1v) is 10.1. The Labute approximate surface area is 166 Å². The fraction of sp³-hybridized carbons (Fsp3) is 0.526. The van der Waals surface area contributed by atoms with Crippen LogP contribution in [0.5, 0.6) is 0 Å². The third kappa shape index (κ3) is 5.27. The summed E-state index contributed by atoms with van der Waals surface area (Å²) in [7, 11) is 0. The third-order valence-electron chi connectivity index (χ3n) is 4.59. The maximum atomic E-state index is 13.0. The molecule has 1 atom stereocenters. The third-order valence-corrected chi connectivity index (χ3v) is 5.61. The van der Waals surface area contributed by atoms with Crippen LogP contribution in [0.2, 0.25) is 0 Å². The van der Waals surface area contributed by atoms with Gasteiger partial charge in [-0.25, -0.2) is 0 Å². The van der Waals surface area contributed by atoms with Crippen LogP contribution in [0.4, 0.5) is 13.2 Å². The molecule has 0 saturated carbocycles. The molecule has 0 radical (unpaired) electrons. The number of carbonyl (C=O) groups is 1. The lowest BCUT2D eigenvalue weighted by Crippen LogP contribution is -2.34. The van der Waals surface area contributed by atoms with Crippen LogP contribution in [-0.4, -0.2) is 32.1 Å². The molecule has 0 fully saturated rings. The van der Waals surface area contributed by atoms with Gasteiger partial charge >= 0.3 is 6.18 Å². The SMILES string of the molecule is CC(C)Sc1ccc(CC(=O)NCc2nnc3n2C[C@@H](C(F)(F)F)CC3)cc1. The number of thioether (sulfide) groups is 1. The number of hydrogen-bond donors (Lipinski definition) is 1. The van der Waals surface area contributed by atoms with Gasteiger partial charge in [0.15, 0.2) is 5.82 Å². The molecule has 0 saturated heterocycles. The summed E-state index contributed by atoms with van der Waals surface area (Å²) in [4.78, 5) is 13.4. The Morgan fingerprint density at radius 1 is 1.29 bits per heavy atom. The van der Waals surface area contributed by atoms with Crippen LogP contribution < -0.4 is 5.32 Å². The Balaban J connectivity index is 1.55. The molecule has 0 aliphatic carbocycles. The van der Waals surface area contributed by atoms with E-state index in [1.165, 1.54) is 4.57 Å². The van der Waals surface area contributed by atoms with Crippen LogP contribution in [0.1, 0.15) is 37.5 Å². The molecule has 0 spiro atoms. The highest BCUT2D eigenvalue weighted by Gasteiger charge is 2.42. The molecule has 152 valence electrons. The molecule has 3 rings (SSSR count). The largest absolute Gasteiger partial charge is 0.393 e. The Morgan fingerprint density at radius 3 is 2.64 bits per heavy atom. The molecule has 1 amide bonds. The van der Waals surface area contributed by atoms with Gasteiger partial charge in [-0.05, 0) is 24.1 Å². The number of carbonyl (C=O) groups excluding carboxylic acids is 1. The maximum Gasteiger partial charge on any atom is 0.393 e. The molecule has 2 heterocycles. The second-order valence-electron chi connectivity index (χ2n) is 7.18. The Morgan fingerprint density at radius 2 is 2.00 bits per heavy atom. The Bertz CT molecular complexity index is 818. The Kier molecular flexibility index (Phi) is 6.32. The number of halogens is 3. The van der Waals surface area contributed by atoms with E-state index in [0.29, 0.717) is 16.9 Å². The van der Waals surface area contributed by atoms with Crippen molar-refractivity contribution in [3.8, 4) is 0 Å². The molecular formula is C19H23F3N4OS. The number of fused-ring (bicyclic) bond motifs is 1. The van der Waals surface area contributed by atoms with Crippen molar-refractivity contribution >= 4 is 17.7 Å². The number of hydrogen-bond acceptors (Lipinski definition) is 4. The van der Waals surface area contributed by atoms with Gasteiger partial charge in [0.25, 0.3) is 0 Å². The average molecular weight is 412 g/mol. The highest BCUT2D eigenvalue weighted by molar-refractivity contribution is 7.99. The van der Waals surface area contributed by atoms with E-state index in [9.17, 15) is 18.0 Å². The molecule has 1 aliphatic heterocycles. The van der Waals surface area contributed by atoms with Gasteiger partial charge in [-0.1, -0.05) is 26.0 Å². The van der Waals surface area contributed by atoms with Crippen LogP contribution in [0.25, 0.3) is 0 Å². The van der Waals surface area contributed by atoms with Crippen molar-refractivity contribution in [1.29, 1.82) is 0 Å². The Hall–Kier alpha value is -2.03. The van der Waals surface area contributed by atoms with Crippen molar-refractivity contribution in [3.63, 3.8) is 0 Å². The zero-order chi connectivity index (χ0) is 20.3. The van der Waals surface area contributed by atoms with Gasteiger partial charge in [0.2, 0.25) is 5.91 Å². The van der Waals surface area contributed by atoms with Gasteiger partial charge in [0.1, 0.15) is 5.82 Å². The molecular weight excluding hydrogens is 389 g/mol. The van der Waals surface area contributed by atoms with Gasteiger partial charge in [-0.3, -0.25) is 4.79 Å². The van der Waals surface area contributed by atoms with Gasteiger partial charge < -0.3 is 9.88 Å². The van der Waals surface area contributed by atoms with E-state index in [-0.39, 0.29) is 38.3 Å². The molecule has 0 bridgehead atoms. The highest BCUT2D eigenvalue weighted by Crippen LogP contribution is 2.34. The van der Waals surface area contributed by atoms with Crippen molar-refractivity contribution in [2.24, 2.45) is 5.92 Å². The summed E-state index contributed by atoms with van der Waals surface area (Å²) in [6.45, 7) is 4.11. The molecule has 1 aliphatic rings. The van der Waals surface area contributed by atoms with E-state index in [4.69, 9.17) is 0 Å². The molecule has 9 heteroatoms. The standard InChI is InChI=1S/C19H23F3N4OS/c1-12(2)28-15-6-3-13(4-7-15)9-18(27)23-10-17-25-24-16-8-5-14(11-26(16)17)19(20,21)22/h3-4,6-7,12,14H,5,8-11H2,1-2H3,(H,23,27)/t14-/m0/s1.